The Morgan fingerprint density at radius 3 is 2.44 bits per heavy atom. The second kappa shape index (κ2) is 5.00. The zero-order chi connectivity index (χ0) is 13.2. The molecule has 1 saturated carbocycles. The molecule has 1 aromatic rings. The molecule has 1 fully saturated rings. The maximum absolute atomic E-state index is 12.8. The predicted molar refractivity (Wildman–Crippen MR) is 59.7 cm³/mol. The summed E-state index contributed by atoms with van der Waals surface area (Å²) in [6.45, 7) is 0. The Kier molecular flexibility index (Phi) is 3.59. The first-order valence-electron chi connectivity index (χ1n) is 5.84. The number of ether oxygens (including phenoxy) is 1. The van der Waals surface area contributed by atoms with Gasteiger partial charge in [-0.1, -0.05) is 0 Å². The molecule has 0 aliphatic heterocycles. The molecule has 0 heterocycles. The average molecular weight is 258 g/mol. The lowest BCUT2D eigenvalue weighted by Crippen LogP contribution is -2.15. The maximum atomic E-state index is 12.8. The molecule has 0 bridgehead atoms. The van der Waals surface area contributed by atoms with Crippen molar-refractivity contribution in [1.29, 1.82) is 0 Å². The summed E-state index contributed by atoms with van der Waals surface area (Å²) >= 11 is 0. The first kappa shape index (κ1) is 12.9. The van der Waals surface area contributed by atoms with Crippen LogP contribution in [0.3, 0.4) is 0 Å². The molecule has 1 aromatic carbocycles. The summed E-state index contributed by atoms with van der Waals surface area (Å²) in [5.74, 6) is -0.181. The SMILES string of the molecule is O=Cc1ccc(OC2CCCC2)c(C(F)(F)F)c1. The van der Waals surface area contributed by atoms with Gasteiger partial charge in [-0.25, -0.2) is 0 Å². The summed E-state index contributed by atoms with van der Waals surface area (Å²) in [5.41, 5.74) is -0.875. The normalized spacial score (nSPS) is 16.8. The molecule has 0 amide bonds. The van der Waals surface area contributed by atoms with E-state index in [0.717, 1.165) is 31.7 Å². The monoisotopic (exact) mass is 258 g/mol. The van der Waals surface area contributed by atoms with Crippen molar-refractivity contribution in [2.75, 3.05) is 0 Å². The third kappa shape index (κ3) is 2.83. The fourth-order valence-electron chi connectivity index (χ4n) is 2.13. The van der Waals surface area contributed by atoms with E-state index in [2.05, 4.69) is 0 Å². The van der Waals surface area contributed by atoms with Crippen LogP contribution in [0, 0.1) is 0 Å². The van der Waals surface area contributed by atoms with Crippen molar-refractivity contribution in [2.24, 2.45) is 0 Å². The smallest absolute Gasteiger partial charge is 0.419 e. The van der Waals surface area contributed by atoms with Gasteiger partial charge >= 0.3 is 6.18 Å². The van der Waals surface area contributed by atoms with Gasteiger partial charge in [-0.3, -0.25) is 4.79 Å². The number of rotatable bonds is 3. The number of hydrogen-bond acceptors (Lipinski definition) is 2. The van der Waals surface area contributed by atoms with Crippen molar-refractivity contribution in [3.05, 3.63) is 29.3 Å². The zero-order valence-electron chi connectivity index (χ0n) is 9.67. The second-order valence-electron chi connectivity index (χ2n) is 4.40. The predicted octanol–water partition coefficient (Wildman–Crippen LogP) is 3.84. The lowest BCUT2D eigenvalue weighted by Gasteiger charge is -2.18. The molecular weight excluding hydrogens is 245 g/mol. The Balaban J connectivity index is 2.30. The summed E-state index contributed by atoms with van der Waals surface area (Å²) in [6.07, 6.45) is -0.717. The quantitative estimate of drug-likeness (QED) is 0.770. The van der Waals surface area contributed by atoms with E-state index in [-0.39, 0.29) is 17.4 Å². The van der Waals surface area contributed by atoms with Gasteiger partial charge in [-0.2, -0.15) is 13.2 Å². The topological polar surface area (TPSA) is 26.3 Å². The number of carbonyl (C=O) groups is 1. The van der Waals surface area contributed by atoms with E-state index in [0.29, 0.717) is 6.29 Å². The Labute approximate surface area is 103 Å². The van der Waals surface area contributed by atoms with Gasteiger partial charge in [0.1, 0.15) is 12.0 Å². The van der Waals surface area contributed by atoms with Crippen molar-refractivity contribution in [3.63, 3.8) is 0 Å². The van der Waals surface area contributed by atoms with Crippen LogP contribution in [0.1, 0.15) is 41.6 Å². The number of aldehydes is 1. The summed E-state index contributed by atoms with van der Waals surface area (Å²) in [6, 6.07) is 3.40. The summed E-state index contributed by atoms with van der Waals surface area (Å²) in [4.78, 5) is 10.5. The van der Waals surface area contributed by atoms with Crippen LogP contribution in [0.2, 0.25) is 0 Å². The van der Waals surface area contributed by atoms with Gasteiger partial charge in [0.15, 0.2) is 0 Å². The van der Waals surface area contributed by atoms with Gasteiger partial charge in [-0.15, -0.1) is 0 Å². The number of benzene rings is 1. The summed E-state index contributed by atoms with van der Waals surface area (Å²) in [7, 11) is 0. The molecule has 2 rings (SSSR count). The summed E-state index contributed by atoms with van der Waals surface area (Å²) < 4.78 is 43.9. The molecule has 0 saturated heterocycles. The minimum atomic E-state index is -4.51. The van der Waals surface area contributed by atoms with Crippen LogP contribution in [0.25, 0.3) is 0 Å². The van der Waals surface area contributed by atoms with Crippen molar-refractivity contribution < 1.29 is 22.7 Å². The van der Waals surface area contributed by atoms with Gasteiger partial charge in [0.05, 0.1) is 11.7 Å². The highest BCUT2D eigenvalue weighted by molar-refractivity contribution is 5.75. The molecule has 2 nitrogen and oxygen atoms in total. The second-order valence-corrected chi connectivity index (χ2v) is 4.40. The molecule has 1 aliphatic rings. The molecule has 0 radical (unpaired) electrons. The molecule has 98 valence electrons. The largest absolute Gasteiger partial charge is 0.490 e. The summed E-state index contributed by atoms with van der Waals surface area (Å²) in [5, 5.41) is 0. The van der Waals surface area contributed by atoms with Crippen LogP contribution in [-0.2, 0) is 6.18 Å². The van der Waals surface area contributed by atoms with Crippen LogP contribution in [0.4, 0.5) is 13.2 Å². The number of halogens is 3. The maximum Gasteiger partial charge on any atom is 0.419 e. The first-order valence-corrected chi connectivity index (χ1v) is 5.84. The highest BCUT2D eigenvalue weighted by Crippen LogP contribution is 2.38. The molecule has 0 aromatic heterocycles. The van der Waals surface area contributed by atoms with Gasteiger partial charge in [0.2, 0.25) is 0 Å². The van der Waals surface area contributed by atoms with Crippen LogP contribution in [0.5, 0.6) is 5.75 Å². The molecule has 0 atom stereocenters. The van der Waals surface area contributed by atoms with Gasteiger partial charge in [0.25, 0.3) is 0 Å². The van der Waals surface area contributed by atoms with E-state index in [1.54, 1.807) is 0 Å². The van der Waals surface area contributed by atoms with E-state index in [1.807, 2.05) is 0 Å². The van der Waals surface area contributed by atoms with E-state index in [4.69, 9.17) is 4.74 Å². The van der Waals surface area contributed by atoms with E-state index < -0.39 is 11.7 Å². The van der Waals surface area contributed by atoms with Gasteiger partial charge in [-0.05, 0) is 43.9 Å². The van der Waals surface area contributed by atoms with Crippen molar-refractivity contribution in [3.8, 4) is 5.75 Å². The van der Waals surface area contributed by atoms with Gasteiger partial charge < -0.3 is 4.74 Å². The Hall–Kier alpha value is -1.52. The third-order valence-electron chi connectivity index (χ3n) is 3.04. The lowest BCUT2D eigenvalue weighted by molar-refractivity contribution is -0.139. The van der Waals surface area contributed by atoms with E-state index >= 15 is 0 Å². The minimum Gasteiger partial charge on any atom is -0.490 e. The molecule has 0 spiro atoms. The standard InChI is InChI=1S/C13H13F3O2/c14-13(15,16)11-7-9(8-17)5-6-12(11)18-10-3-1-2-4-10/h5-8,10H,1-4H2. The highest BCUT2D eigenvalue weighted by atomic mass is 19.4. The van der Waals surface area contributed by atoms with Crippen LogP contribution >= 0.6 is 0 Å². The molecular formula is C13H13F3O2. The van der Waals surface area contributed by atoms with Crippen LogP contribution < -0.4 is 4.74 Å². The zero-order valence-corrected chi connectivity index (χ0v) is 9.67. The Bertz CT molecular complexity index is 434. The fourth-order valence-corrected chi connectivity index (χ4v) is 2.13. The highest BCUT2D eigenvalue weighted by Gasteiger charge is 2.35. The van der Waals surface area contributed by atoms with Crippen molar-refractivity contribution in [2.45, 2.75) is 38.0 Å². The van der Waals surface area contributed by atoms with E-state index in [9.17, 15) is 18.0 Å². The number of alkyl halides is 3. The van der Waals surface area contributed by atoms with Crippen molar-refractivity contribution >= 4 is 6.29 Å². The molecule has 5 heteroatoms. The Morgan fingerprint density at radius 2 is 1.89 bits per heavy atom. The fraction of sp³-hybridized carbons (Fsp3) is 0.462. The van der Waals surface area contributed by atoms with Crippen LogP contribution in [-0.4, -0.2) is 12.4 Å². The van der Waals surface area contributed by atoms with E-state index in [1.165, 1.54) is 12.1 Å². The van der Waals surface area contributed by atoms with Crippen LogP contribution in [0.15, 0.2) is 18.2 Å². The number of carbonyl (C=O) groups excluding carboxylic acids is 1. The number of hydrogen-bond donors (Lipinski definition) is 0. The Morgan fingerprint density at radius 1 is 1.22 bits per heavy atom. The molecule has 18 heavy (non-hydrogen) atoms. The third-order valence-corrected chi connectivity index (χ3v) is 3.04. The molecule has 0 N–H and O–H groups in total. The molecule has 1 aliphatic carbocycles. The average Bonchev–Trinajstić information content (AvgIpc) is 2.81. The van der Waals surface area contributed by atoms with Gasteiger partial charge in [0, 0.05) is 5.56 Å². The van der Waals surface area contributed by atoms with Crippen molar-refractivity contribution in [1.82, 2.24) is 0 Å². The molecule has 0 unspecified atom stereocenters. The minimum absolute atomic E-state index is 0.00102. The lowest BCUT2D eigenvalue weighted by atomic mass is 10.1. The first-order chi connectivity index (χ1) is 8.50.